The lowest BCUT2D eigenvalue weighted by Gasteiger charge is -2.16. The van der Waals surface area contributed by atoms with E-state index in [1.807, 2.05) is 0 Å². The van der Waals surface area contributed by atoms with Gasteiger partial charge < -0.3 is 4.90 Å². The van der Waals surface area contributed by atoms with Crippen molar-refractivity contribution in [3.8, 4) is 0 Å². The van der Waals surface area contributed by atoms with Crippen molar-refractivity contribution in [2.24, 2.45) is 11.3 Å². The molecule has 1 heterocycles. The molecule has 1 spiro atoms. The number of carbonyl (C=O) groups is 2. The molecule has 0 aromatic rings. The highest BCUT2D eigenvalue weighted by atomic mass is 16.2. The van der Waals surface area contributed by atoms with E-state index >= 15 is 0 Å². The second kappa shape index (κ2) is 3.07. The van der Waals surface area contributed by atoms with Gasteiger partial charge in [-0.1, -0.05) is 13.8 Å². The second-order valence-electron chi connectivity index (χ2n) is 5.00. The van der Waals surface area contributed by atoms with Crippen LogP contribution in [0.1, 0.15) is 33.1 Å². The molecule has 2 rings (SSSR count). The van der Waals surface area contributed by atoms with E-state index in [9.17, 15) is 9.59 Å². The maximum atomic E-state index is 11.7. The van der Waals surface area contributed by atoms with E-state index in [0.717, 1.165) is 19.5 Å². The van der Waals surface area contributed by atoms with Crippen molar-refractivity contribution in [1.29, 1.82) is 0 Å². The molecular weight excluding hydrogens is 178 g/mol. The number of carbonyl (C=O) groups excluding carboxylic acids is 2. The molecule has 0 atom stereocenters. The number of rotatable bonds is 2. The van der Waals surface area contributed by atoms with Crippen LogP contribution in [0.5, 0.6) is 0 Å². The summed E-state index contributed by atoms with van der Waals surface area (Å²) in [5.41, 5.74) is 0.424. The first kappa shape index (κ1) is 9.69. The summed E-state index contributed by atoms with van der Waals surface area (Å²) in [4.78, 5) is 24.9. The van der Waals surface area contributed by atoms with Crippen molar-refractivity contribution in [1.82, 2.24) is 4.90 Å². The van der Waals surface area contributed by atoms with Gasteiger partial charge in [0.15, 0.2) is 0 Å². The van der Waals surface area contributed by atoms with Gasteiger partial charge in [-0.3, -0.25) is 9.59 Å². The first-order chi connectivity index (χ1) is 6.54. The van der Waals surface area contributed by atoms with Gasteiger partial charge in [-0.05, 0) is 24.7 Å². The van der Waals surface area contributed by atoms with Crippen LogP contribution in [0.4, 0.5) is 0 Å². The largest absolute Gasteiger partial charge is 0.336 e. The first-order valence-corrected chi connectivity index (χ1v) is 5.37. The lowest BCUT2D eigenvalue weighted by Crippen LogP contribution is -2.37. The molecule has 0 aromatic carbocycles. The average Bonchev–Trinajstić information content (AvgIpc) is 2.74. The third-order valence-electron chi connectivity index (χ3n) is 3.42. The van der Waals surface area contributed by atoms with E-state index in [-0.39, 0.29) is 17.6 Å². The Kier molecular flexibility index (Phi) is 2.13. The monoisotopic (exact) mass is 195 g/mol. The summed E-state index contributed by atoms with van der Waals surface area (Å²) in [6.45, 7) is 5.17. The summed E-state index contributed by atoms with van der Waals surface area (Å²) in [7, 11) is 0. The van der Waals surface area contributed by atoms with Gasteiger partial charge in [0, 0.05) is 19.0 Å². The van der Waals surface area contributed by atoms with Crippen LogP contribution in [0.25, 0.3) is 0 Å². The third-order valence-corrected chi connectivity index (χ3v) is 3.42. The summed E-state index contributed by atoms with van der Waals surface area (Å²) in [6, 6.07) is 0. The van der Waals surface area contributed by atoms with Gasteiger partial charge in [-0.15, -0.1) is 0 Å². The summed E-state index contributed by atoms with van der Waals surface area (Å²) < 4.78 is 0. The van der Waals surface area contributed by atoms with E-state index in [1.165, 1.54) is 12.8 Å². The number of likely N-dealkylation sites (tertiary alicyclic amines) is 1. The van der Waals surface area contributed by atoms with Crippen LogP contribution in [0, 0.1) is 11.3 Å². The molecule has 1 aliphatic heterocycles. The lowest BCUT2D eigenvalue weighted by molar-refractivity contribution is -0.145. The van der Waals surface area contributed by atoms with E-state index in [1.54, 1.807) is 18.7 Å². The molecule has 78 valence electrons. The number of ketones is 1. The van der Waals surface area contributed by atoms with Gasteiger partial charge in [-0.25, -0.2) is 0 Å². The highest BCUT2D eigenvalue weighted by molar-refractivity contribution is 6.36. The molecule has 0 aromatic heterocycles. The molecule has 14 heavy (non-hydrogen) atoms. The molecule has 0 unspecified atom stereocenters. The SMILES string of the molecule is CC(C)C(=O)C(=O)N1CCC2(CC2)C1. The zero-order valence-electron chi connectivity index (χ0n) is 8.88. The molecule has 0 N–H and O–H groups in total. The quantitative estimate of drug-likeness (QED) is 0.621. The Hall–Kier alpha value is -0.860. The molecule has 3 heteroatoms. The van der Waals surface area contributed by atoms with E-state index in [0.29, 0.717) is 5.41 Å². The molecule has 1 amide bonds. The molecule has 0 radical (unpaired) electrons. The van der Waals surface area contributed by atoms with Crippen molar-refractivity contribution in [2.45, 2.75) is 33.1 Å². The zero-order valence-corrected chi connectivity index (χ0v) is 8.88. The molecule has 3 nitrogen and oxygen atoms in total. The first-order valence-electron chi connectivity index (χ1n) is 5.37. The van der Waals surface area contributed by atoms with Crippen molar-refractivity contribution in [3.05, 3.63) is 0 Å². The average molecular weight is 195 g/mol. The highest BCUT2D eigenvalue weighted by Crippen LogP contribution is 2.52. The fourth-order valence-electron chi connectivity index (χ4n) is 2.10. The Morgan fingerprint density at radius 3 is 2.29 bits per heavy atom. The molecule has 1 saturated heterocycles. The predicted molar refractivity (Wildman–Crippen MR) is 52.7 cm³/mol. The zero-order chi connectivity index (χ0) is 10.3. The maximum Gasteiger partial charge on any atom is 0.290 e. The number of hydrogen-bond donors (Lipinski definition) is 0. The second-order valence-corrected chi connectivity index (χ2v) is 5.00. The fourth-order valence-corrected chi connectivity index (χ4v) is 2.10. The van der Waals surface area contributed by atoms with Crippen LogP contribution >= 0.6 is 0 Å². The summed E-state index contributed by atoms with van der Waals surface area (Å²) in [5.74, 6) is -0.662. The Morgan fingerprint density at radius 1 is 1.21 bits per heavy atom. The minimum absolute atomic E-state index is 0.168. The van der Waals surface area contributed by atoms with E-state index in [4.69, 9.17) is 0 Å². The van der Waals surface area contributed by atoms with Crippen LogP contribution in [0.2, 0.25) is 0 Å². The van der Waals surface area contributed by atoms with Crippen molar-refractivity contribution < 1.29 is 9.59 Å². The predicted octanol–water partition coefficient (Wildman–Crippen LogP) is 1.22. The topological polar surface area (TPSA) is 37.4 Å². The van der Waals surface area contributed by atoms with Crippen LogP contribution in [-0.2, 0) is 9.59 Å². The van der Waals surface area contributed by atoms with E-state index < -0.39 is 0 Å². The lowest BCUT2D eigenvalue weighted by atomic mass is 10.1. The number of Topliss-reactive ketones (excluding diaryl/α,β-unsaturated/α-hetero) is 1. The normalized spacial score (nSPS) is 23.2. The van der Waals surface area contributed by atoms with E-state index in [2.05, 4.69) is 0 Å². The molecular formula is C11H17NO2. The van der Waals surface area contributed by atoms with Crippen LogP contribution in [0.15, 0.2) is 0 Å². The molecule has 2 fully saturated rings. The van der Waals surface area contributed by atoms with Crippen LogP contribution in [-0.4, -0.2) is 29.7 Å². The van der Waals surface area contributed by atoms with Gasteiger partial charge in [0.05, 0.1) is 0 Å². The Morgan fingerprint density at radius 2 is 1.86 bits per heavy atom. The smallest absolute Gasteiger partial charge is 0.290 e. The molecule has 1 aliphatic carbocycles. The number of hydrogen-bond acceptors (Lipinski definition) is 2. The van der Waals surface area contributed by atoms with Crippen LogP contribution in [0.3, 0.4) is 0 Å². The Labute approximate surface area is 84.5 Å². The highest BCUT2D eigenvalue weighted by Gasteiger charge is 2.49. The van der Waals surface area contributed by atoms with Gasteiger partial charge in [-0.2, -0.15) is 0 Å². The van der Waals surface area contributed by atoms with Gasteiger partial charge in [0.2, 0.25) is 5.78 Å². The van der Waals surface area contributed by atoms with Gasteiger partial charge >= 0.3 is 0 Å². The summed E-state index contributed by atoms with van der Waals surface area (Å²) in [5, 5.41) is 0. The Bertz CT molecular complexity index is 279. The molecule has 2 aliphatic rings. The number of amides is 1. The van der Waals surface area contributed by atoms with Gasteiger partial charge in [0.25, 0.3) is 5.91 Å². The molecule has 1 saturated carbocycles. The summed E-state index contributed by atoms with van der Waals surface area (Å²) >= 11 is 0. The number of nitrogens with zero attached hydrogens (tertiary/aromatic N) is 1. The van der Waals surface area contributed by atoms with Gasteiger partial charge in [0.1, 0.15) is 0 Å². The van der Waals surface area contributed by atoms with Crippen molar-refractivity contribution in [3.63, 3.8) is 0 Å². The van der Waals surface area contributed by atoms with Crippen molar-refractivity contribution >= 4 is 11.7 Å². The third kappa shape index (κ3) is 1.56. The fraction of sp³-hybridized carbons (Fsp3) is 0.818. The standard InChI is InChI=1S/C11H17NO2/c1-8(2)9(13)10(14)12-6-5-11(7-12)3-4-11/h8H,3-7H2,1-2H3. The van der Waals surface area contributed by atoms with Crippen LogP contribution < -0.4 is 0 Å². The molecule has 0 bridgehead atoms. The summed E-state index contributed by atoms with van der Waals surface area (Å²) in [6.07, 6.45) is 3.59. The minimum Gasteiger partial charge on any atom is -0.336 e. The van der Waals surface area contributed by atoms with Crippen molar-refractivity contribution in [2.75, 3.05) is 13.1 Å². The maximum absolute atomic E-state index is 11.7. The Balaban J connectivity index is 1.96. The minimum atomic E-state index is -0.260.